The normalized spacial score (nSPS) is 12.6. The van der Waals surface area contributed by atoms with Gasteiger partial charge in [0, 0.05) is 12.5 Å². The highest BCUT2D eigenvalue weighted by molar-refractivity contribution is 7.92. The van der Waals surface area contributed by atoms with Crippen molar-refractivity contribution in [3.8, 4) is 0 Å². The zero-order valence-electron chi connectivity index (χ0n) is 19.4. The number of carbonyl (C=O) groups excluding carboxylic acids is 1. The van der Waals surface area contributed by atoms with E-state index >= 15 is 0 Å². The third-order valence-corrected chi connectivity index (χ3v) is 8.99. The number of carboxylic acids is 1. The van der Waals surface area contributed by atoms with Gasteiger partial charge in [-0.15, -0.1) is 0 Å². The maximum atomic E-state index is 13.3. The predicted molar refractivity (Wildman–Crippen MR) is 134 cm³/mol. The van der Waals surface area contributed by atoms with E-state index in [2.05, 4.69) is 5.43 Å². The van der Waals surface area contributed by atoms with Crippen LogP contribution in [0.4, 0.5) is 5.69 Å². The first kappa shape index (κ1) is 27.1. The highest BCUT2D eigenvalue weighted by Crippen LogP contribution is 2.29. The zero-order chi connectivity index (χ0) is 26.3. The van der Waals surface area contributed by atoms with Crippen LogP contribution in [0.1, 0.15) is 24.8 Å². The fourth-order valence-electron chi connectivity index (χ4n) is 3.70. The van der Waals surface area contributed by atoms with Crippen molar-refractivity contribution in [1.82, 2.24) is 5.43 Å². The average molecular weight is 531 g/mol. The molecule has 3 aromatic carbocycles. The Labute approximate surface area is 210 Å². The molecule has 36 heavy (non-hydrogen) atoms. The SMILES string of the molecule is CCNN(C=O)c1cccc(S(=O)(=O)c2cccc(S(=O)(=O)CC(CC(=O)O)c3ccccc3)c2)c1. The number of benzene rings is 3. The Morgan fingerprint density at radius 3 is 2.14 bits per heavy atom. The van der Waals surface area contributed by atoms with Crippen molar-refractivity contribution < 1.29 is 31.5 Å². The second-order valence-electron chi connectivity index (χ2n) is 7.95. The lowest BCUT2D eigenvalue weighted by Gasteiger charge is -2.18. The number of hydrazine groups is 1. The Balaban J connectivity index is 1.96. The van der Waals surface area contributed by atoms with Crippen LogP contribution >= 0.6 is 0 Å². The quantitative estimate of drug-likeness (QED) is 0.269. The largest absolute Gasteiger partial charge is 0.481 e. The van der Waals surface area contributed by atoms with Gasteiger partial charge in [0.05, 0.1) is 32.5 Å². The van der Waals surface area contributed by atoms with Crippen LogP contribution in [0.25, 0.3) is 0 Å². The van der Waals surface area contributed by atoms with E-state index in [1.165, 1.54) is 36.4 Å². The highest BCUT2D eigenvalue weighted by atomic mass is 32.2. The summed E-state index contributed by atoms with van der Waals surface area (Å²) in [6.07, 6.45) is 0.121. The molecule has 0 saturated heterocycles. The second kappa shape index (κ2) is 11.5. The monoisotopic (exact) mass is 530 g/mol. The number of carbonyl (C=O) groups is 2. The highest BCUT2D eigenvalue weighted by Gasteiger charge is 2.27. The summed E-state index contributed by atoms with van der Waals surface area (Å²) in [5.74, 6) is -2.46. The van der Waals surface area contributed by atoms with E-state index in [0.29, 0.717) is 24.2 Å². The maximum absolute atomic E-state index is 13.3. The third-order valence-electron chi connectivity index (χ3n) is 5.43. The molecule has 190 valence electrons. The van der Waals surface area contributed by atoms with E-state index in [4.69, 9.17) is 0 Å². The van der Waals surface area contributed by atoms with Gasteiger partial charge in [-0.05, 0) is 42.0 Å². The van der Waals surface area contributed by atoms with E-state index in [9.17, 15) is 31.5 Å². The van der Waals surface area contributed by atoms with Crippen molar-refractivity contribution >= 4 is 37.7 Å². The first-order valence-electron chi connectivity index (χ1n) is 11.0. The van der Waals surface area contributed by atoms with E-state index in [-0.39, 0.29) is 14.7 Å². The molecule has 0 aliphatic carbocycles. The Kier molecular flexibility index (Phi) is 8.62. The van der Waals surface area contributed by atoms with Gasteiger partial charge in [-0.3, -0.25) is 9.59 Å². The Morgan fingerprint density at radius 1 is 0.917 bits per heavy atom. The van der Waals surface area contributed by atoms with Gasteiger partial charge in [-0.1, -0.05) is 49.4 Å². The summed E-state index contributed by atoms with van der Waals surface area (Å²) >= 11 is 0. The Hall–Kier alpha value is -3.54. The minimum absolute atomic E-state index is 0.118. The molecule has 0 saturated carbocycles. The molecule has 0 radical (unpaired) electrons. The van der Waals surface area contributed by atoms with Crippen molar-refractivity contribution in [2.75, 3.05) is 17.3 Å². The molecule has 0 heterocycles. The average Bonchev–Trinajstić information content (AvgIpc) is 2.87. The molecule has 3 aromatic rings. The fraction of sp³-hybridized carbons (Fsp3) is 0.200. The first-order chi connectivity index (χ1) is 17.1. The van der Waals surface area contributed by atoms with Crippen molar-refractivity contribution in [2.24, 2.45) is 0 Å². The predicted octanol–water partition coefficient (Wildman–Crippen LogP) is 3.04. The summed E-state index contributed by atoms with van der Waals surface area (Å²) in [5, 5.41) is 10.4. The van der Waals surface area contributed by atoms with Crippen LogP contribution in [-0.2, 0) is 29.3 Å². The van der Waals surface area contributed by atoms with Crippen LogP contribution < -0.4 is 10.4 Å². The molecule has 0 aliphatic heterocycles. The lowest BCUT2D eigenvalue weighted by Crippen LogP contribution is -2.36. The van der Waals surface area contributed by atoms with Gasteiger partial charge in [0.25, 0.3) is 0 Å². The van der Waals surface area contributed by atoms with E-state index < -0.39 is 43.7 Å². The minimum atomic E-state index is -4.13. The molecule has 0 bridgehead atoms. The second-order valence-corrected chi connectivity index (χ2v) is 11.9. The standard InChI is InChI=1S/C25H26N2O7S2/c1-2-26-27(18-28)21-10-6-12-23(15-21)36(33,34)24-13-7-11-22(16-24)35(31,32)17-20(14-25(29)30)19-8-4-3-5-9-19/h3-13,15-16,18,20,26H,2,14,17H2,1H3,(H,29,30). The van der Waals surface area contributed by atoms with Crippen LogP contribution in [-0.4, -0.2) is 46.6 Å². The fourth-order valence-corrected chi connectivity index (χ4v) is 6.75. The molecule has 2 N–H and O–H groups in total. The van der Waals surface area contributed by atoms with Crippen molar-refractivity contribution in [2.45, 2.75) is 33.9 Å². The summed E-state index contributed by atoms with van der Waals surface area (Å²) in [4.78, 5) is 22.1. The molecule has 0 aliphatic rings. The summed E-state index contributed by atoms with van der Waals surface area (Å²) in [6, 6.07) is 19.1. The molecule has 0 spiro atoms. The number of aliphatic carboxylic acids is 1. The van der Waals surface area contributed by atoms with Gasteiger partial charge in [-0.25, -0.2) is 27.3 Å². The number of rotatable bonds is 12. The number of carboxylic acid groups (broad SMARTS) is 1. The van der Waals surface area contributed by atoms with Crippen molar-refractivity contribution in [3.63, 3.8) is 0 Å². The molecule has 9 nitrogen and oxygen atoms in total. The third kappa shape index (κ3) is 6.36. The lowest BCUT2D eigenvalue weighted by atomic mass is 9.98. The van der Waals surface area contributed by atoms with Crippen LogP contribution in [0.5, 0.6) is 0 Å². The van der Waals surface area contributed by atoms with Gasteiger partial charge in [0.15, 0.2) is 9.84 Å². The van der Waals surface area contributed by atoms with E-state index in [1.54, 1.807) is 43.3 Å². The molecule has 3 rings (SSSR count). The molecule has 1 atom stereocenters. The first-order valence-corrected chi connectivity index (χ1v) is 14.1. The molecule has 11 heteroatoms. The van der Waals surface area contributed by atoms with E-state index in [0.717, 1.165) is 11.1 Å². The smallest absolute Gasteiger partial charge is 0.303 e. The number of hydrogen-bond donors (Lipinski definition) is 2. The summed E-state index contributed by atoms with van der Waals surface area (Å²) in [5.41, 5.74) is 3.65. The molecule has 0 aromatic heterocycles. The molecule has 1 amide bonds. The number of nitrogens with one attached hydrogen (secondary N) is 1. The molecule has 0 fully saturated rings. The number of sulfone groups is 2. The van der Waals surface area contributed by atoms with Crippen LogP contribution in [0, 0.1) is 0 Å². The number of anilines is 1. The van der Waals surface area contributed by atoms with Gasteiger partial charge in [0.1, 0.15) is 0 Å². The van der Waals surface area contributed by atoms with Gasteiger partial charge in [-0.2, -0.15) is 0 Å². The van der Waals surface area contributed by atoms with Gasteiger partial charge >= 0.3 is 5.97 Å². The molecule has 1 unspecified atom stereocenters. The number of hydrogen-bond acceptors (Lipinski definition) is 7. The minimum Gasteiger partial charge on any atom is -0.481 e. The topological polar surface area (TPSA) is 138 Å². The van der Waals surface area contributed by atoms with Crippen molar-refractivity contribution in [3.05, 3.63) is 84.4 Å². The van der Waals surface area contributed by atoms with Gasteiger partial charge in [0.2, 0.25) is 16.2 Å². The van der Waals surface area contributed by atoms with Crippen LogP contribution in [0.15, 0.2) is 93.5 Å². The summed E-state index contributed by atoms with van der Waals surface area (Å²) in [7, 11) is -8.17. The van der Waals surface area contributed by atoms with Crippen LogP contribution in [0.3, 0.4) is 0 Å². The van der Waals surface area contributed by atoms with Gasteiger partial charge < -0.3 is 5.11 Å². The number of amides is 1. The zero-order valence-corrected chi connectivity index (χ0v) is 21.1. The summed E-state index contributed by atoms with van der Waals surface area (Å²) in [6.45, 7) is 2.21. The number of nitrogens with zero attached hydrogens (tertiary/aromatic N) is 1. The molecular weight excluding hydrogens is 504 g/mol. The van der Waals surface area contributed by atoms with Crippen molar-refractivity contribution in [1.29, 1.82) is 0 Å². The lowest BCUT2D eigenvalue weighted by molar-refractivity contribution is -0.137. The Bertz CT molecular complexity index is 1440. The maximum Gasteiger partial charge on any atom is 0.303 e. The Morgan fingerprint density at radius 2 is 1.53 bits per heavy atom. The molecular formula is C25H26N2O7S2. The summed E-state index contributed by atoms with van der Waals surface area (Å²) < 4.78 is 53.1. The van der Waals surface area contributed by atoms with Crippen LogP contribution in [0.2, 0.25) is 0 Å². The van der Waals surface area contributed by atoms with E-state index in [1.807, 2.05) is 0 Å².